The van der Waals surface area contributed by atoms with Gasteiger partial charge < -0.3 is 10.4 Å². The van der Waals surface area contributed by atoms with Crippen LogP contribution in [0.3, 0.4) is 0 Å². The van der Waals surface area contributed by atoms with Crippen LogP contribution in [0.4, 0.5) is 0 Å². The predicted molar refractivity (Wildman–Crippen MR) is 79.3 cm³/mol. The highest BCUT2D eigenvalue weighted by Crippen LogP contribution is 2.21. The zero-order valence-corrected chi connectivity index (χ0v) is 12.3. The number of aromatic hydroxyl groups is 1. The van der Waals surface area contributed by atoms with Gasteiger partial charge in [-0.2, -0.15) is 0 Å². The SMILES string of the molecule is CC(C)(C)NCC1CCCN1Cc1cccc(O)c1. The molecule has 1 atom stereocenters. The van der Waals surface area contributed by atoms with E-state index in [0.29, 0.717) is 11.8 Å². The van der Waals surface area contributed by atoms with Crippen molar-refractivity contribution in [3.05, 3.63) is 29.8 Å². The molecular formula is C16H26N2O. The fourth-order valence-electron chi connectivity index (χ4n) is 2.65. The van der Waals surface area contributed by atoms with Gasteiger partial charge in [0.15, 0.2) is 0 Å². The van der Waals surface area contributed by atoms with E-state index in [4.69, 9.17) is 0 Å². The van der Waals surface area contributed by atoms with Crippen LogP contribution < -0.4 is 5.32 Å². The maximum absolute atomic E-state index is 9.53. The Bertz CT molecular complexity index is 411. The van der Waals surface area contributed by atoms with Crippen molar-refractivity contribution in [2.24, 2.45) is 0 Å². The molecule has 2 rings (SSSR count). The quantitative estimate of drug-likeness (QED) is 0.876. The molecule has 0 spiro atoms. The van der Waals surface area contributed by atoms with Crippen LogP contribution in [-0.2, 0) is 6.54 Å². The van der Waals surface area contributed by atoms with Crippen LogP contribution in [0.5, 0.6) is 5.75 Å². The van der Waals surface area contributed by atoms with Crippen molar-refractivity contribution in [2.75, 3.05) is 13.1 Å². The van der Waals surface area contributed by atoms with Gasteiger partial charge >= 0.3 is 0 Å². The molecule has 3 heteroatoms. The molecule has 0 amide bonds. The molecule has 0 aromatic heterocycles. The normalized spacial score (nSPS) is 20.9. The first-order valence-electron chi connectivity index (χ1n) is 7.21. The number of nitrogens with one attached hydrogen (secondary N) is 1. The molecule has 1 aromatic carbocycles. The molecule has 1 aliphatic heterocycles. The van der Waals surface area contributed by atoms with Crippen molar-refractivity contribution in [1.82, 2.24) is 10.2 Å². The van der Waals surface area contributed by atoms with E-state index in [9.17, 15) is 5.11 Å². The standard InChI is InChI=1S/C16H26N2O/c1-16(2,3)17-11-14-7-5-9-18(14)12-13-6-4-8-15(19)10-13/h4,6,8,10,14,17,19H,5,7,9,11-12H2,1-3H3. The van der Waals surface area contributed by atoms with Gasteiger partial charge in [0.25, 0.3) is 0 Å². The Morgan fingerprint density at radius 1 is 1.37 bits per heavy atom. The summed E-state index contributed by atoms with van der Waals surface area (Å²) in [7, 11) is 0. The van der Waals surface area contributed by atoms with E-state index in [1.54, 1.807) is 6.07 Å². The summed E-state index contributed by atoms with van der Waals surface area (Å²) in [5.41, 5.74) is 1.38. The largest absolute Gasteiger partial charge is 0.508 e. The third-order valence-electron chi connectivity index (χ3n) is 3.66. The Balaban J connectivity index is 1.92. The van der Waals surface area contributed by atoms with Gasteiger partial charge in [0.05, 0.1) is 0 Å². The van der Waals surface area contributed by atoms with Gasteiger partial charge in [0.1, 0.15) is 5.75 Å². The van der Waals surface area contributed by atoms with Crippen molar-refractivity contribution in [1.29, 1.82) is 0 Å². The second-order valence-corrected chi connectivity index (χ2v) is 6.57. The molecule has 19 heavy (non-hydrogen) atoms. The molecule has 1 saturated heterocycles. The highest BCUT2D eigenvalue weighted by Gasteiger charge is 2.25. The minimum absolute atomic E-state index is 0.180. The number of nitrogens with zero attached hydrogens (tertiary/aromatic N) is 1. The number of phenols is 1. The number of benzene rings is 1. The van der Waals surface area contributed by atoms with E-state index in [0.717, 1.165) is 19.6 Å². The number of phenolic OH excluding ortho intramolecular Hbond substituents is 1. The number of likely N-dealkylation sites (tertiary alicyclic amines) is 1. The maximum Gasteiger partial charge on any atom is 0.115 e. The van der Waals surface area contributed by atoms with E-state index in [-0.39, 0.29) is 5.54 Å². The minimum Gasteiger partial charge on any atom is -0.508 e. The van der Waals surface area contributed by atoms with Crippen LogP contribution in [0, 0.1) is 0 Å². The maximum atomic E-state index is 9.53. The fourth-order valence-corrected chi connectivity index (χ4v) is 2.65. The van der Waals surface area contributed by atoms with Crippen LogP contribution in [0.15, 0.2) is 24.3 Å². The summed E-state index contributed by atoms with van der Waals surface area (Å²) in [5, 5.41) is 13.1. The Morgan fingerprint density at radius 3 is 2.84 bits per heavy atom. The molecule has 1 unspecified atom stereocenters. The lowest BCUT2D eigenvalue weighted by Gasteiger charge is -2.29. The van der Waals surface area contributed by atoms with E-state index in [1.165, 1.54) is 18.4 Å². The van der Waals surface area contributed by atoms with Crippen LogP contribution in [-0.4, -0.2) is 34.7 Å². The van der Waals surface area contributed by atoms with E-state index < -0.39 is 0 Å². The Labute approximate surface area is 116 Å². The first-order chi connectivity index (χ1) is 8.94. The highest BCUT2D eigenvalue weighted by molar-refractivity contribution is 5.27. The summed E-state index contributed by atoms with van der Waals surface area (Å²) in [5.74, 6) is 0.362. The van der Waals surface area contributed by atoms with Gasteiger partial charge in [-0.15, -0.1) is 0 Å². The monoisotopic (exact) mass is 262 g/mol. The van der Waals surface area contributed by atoms with Gasteiger partial charge in [-0.25, -0.2) is 0 Å². The van der Waals surface area contributed by atoms with Gasteiger partial charge in [-0.3, -0.25) is 4.90 Å². The lowest BCUT2D eigenvalue weighted by atomic mass is 10.1. The van der Waals surface area contributed by atoms with Crippen molar-refractivity contribution in [3.8, 4) is 5.75 Å². The molecule has 1 aromatic rings. The van der Waals surface area contributed by atoms with Gasteiger partial charge in [-0.1, -0.05) is 12.1 Å². The lowest BCUT2D eigenvalue weighted by molar-refractivity contribution is 0.225. The second kappa shape index (κ2) is 5.93. The fraction of sp³-hybridized carbons (Fsp3) is 0.625. The van der Waals surface area contributed by atoms with Crippen molar-refractivity contribution in [2.45, 2.75) is 51.7 Å². The summed E-state index contributed by atoms with van der Waals surface area (Å²) in [6.45, 7) is 9.77. The zero-order valence-electron chi connectivity index (χ0n) is 12.3. The summed E-state index contributed by atoms with van der Waals surface area (Å²) in [6.07, 6.45) is 2.54. The number of hydrogen-bond donors (Lipinski definition) is 2. The van der Waals surface area contributed by atoms with Crippen LogP contribution >= 0.6 is 0 Å². The molecule has 1 fully saturated rings. The van der Waals surface area contributed by atoms with Crippen molar-refractivity contribution < 1.29 is 5.11 Å². The Hall–Kier alpha value is -1.06. The molecule has 0 radical (unpaired) electrons. The smallest absolute Gasteiger partial charge is 0.115 e. The van der Waals surface area contributed by atoms with E-state index >= 15 is 0 Å². The van der Waals surface area contributed by atoms with E-state index in [2.05, 4.69) is 37.1 Å². The first-order valence-corrected chi connectivity index (χ1v) is 7.21. The molecule has 1 heterocycles. The number of hydrogen-bond acceptors (Lipinski definition) is 3. The third-order valence-corrected chi connectivity index (χ3v) is 3.66. The topological polar surface area (TPSA) is 35.5 Å². The molecule has 0 bridgehead atoms. The summed E-state index contributed by atoms with van der Waals surface area (Å²) < 4.78 is 0. The molecule has 106 valence electrons. The van der Waals surface area contributed by atoms with Crippen LogP contribution in [0.2, 0.25) is 0 Å². The Morgan fingerprint density at radius 2 is 2.16 bits per heavy atom. The molecular weight excluding hydrogens is 236 g/mol. The average Bonchev–Trinajstić information content (AvgIpc) is 2.73. The van der Waals surface area contributed by atoms with Crippen LogP contribution in [0.25, 0.3) is 0 Å². The second-order valence-electron chi connectivity index (χ2n) is 6.57. The third kappa shape index (κ3) is 4.51. The van der Waals surface area contributed by atoms with Gasteiger partial charge in [0, 0.05) is 24.7 Å². The van der Waals surface area contributed by atoms with Gasteiger partial charge in [0.2, 0.25) is 0 Å². The van der Waals surface area contributed by atoms with Crippen LogP contribution in [0.1, 0.15) is 39.2 Å². The van der Waals surface area contributed by atoms with Crippen molar-refractivity contribution >= 4 is 0 Å². The molecule has 0 saturated carbocycles. The first kappa shape index (κ1) is 14.4. The lowest BCUT2D eigenvalue weighted by Crippen LogP contribution is -2.44. The molecule has 2 N–H and O–H groups in total. The zero-order chi connectivity index (χ0) is 13.9. The van der Waals surface area contributed by atoms with E-state index in [1.807, 2.05) is 12.1 Å². The summed E-state index contributed by atoms with van der Waals surface area (Å²) in [6, 6.07) is 8.22. The number of rotatable bonds is 4. The Kier molecular flexibility index (Phi) is 4.48. The molecule has 3 nitrogen and oxygen atoms in total. The summed E-state index contributed by atoms with van der Waals surface area (Å²) >= 11 is 0. The molecule has 1 aliphatic rings. The molecule has 0 aliphatic carbocycles. The van der Waals surface area contributed by atoms with Crippen molar-refractivity contribution in [3.63, 3.8) is 0 Å². The highest BCUT2D eigenvalue weighted by atomic mass is 16.3. The minimum atomic E-state index is 0.180. The predicted octanol–water partition coefficient (Wildman–Crippen LogP) is 2.74. The average molecular weight is 262 g/mol. The summed E-state index contributed by atoms with van der Waals surface area (Å²) in [4.78, 5) is 2.52. The van der Waals surface area contributed by atoms with Gasteiger partial charge in [-0.05, 0) is 57.9 Å².